The van der Waals surface area contributed by atoms with Crippen molar-refractivity contribution in [1.82, 2.24) is 10.2 Å². The Morgan fingerprint density at radius 2 is 1.61 bits per heavy atom. The highest BCUT2D eigenvalue weighted by Crippen LogP contribution is 2.28. The zero-order valence-electron chi connectivity index (χ0n) is 13.8. The summed E-state index contributed by atoms with van der Waals surface area (Å²) in [5.74, 6) is 0.727. The van der Waals surface area contributed by atoms with Crippen LogP contribution in [0.15, 0.2) is 0 Å². The standard InChI is InChI=1S/C16H36N2/c1-8-11-17-12-16(9-2,10-3)13-18(7)15(6)14(4)5/h14-15,17H,8-13H2,1-7H3. The fourth-order valence-electron chi connectivity index (χ4n) is 2.49. The van der Waals surface area contributed by atoms with Crippen molar-refractivity contribution in [2.75, 3.05) is 26.7 Å². The summed E-state index contributed by atoms with van der Waals surface area (Å²) >= 11 is 0. The number of hydrogen-bond acceptors (Lipinski definition) is 2. The highest BCUT2D eigenvalue weighted by Gasteiger charge is 2.29. The Labute approximate surface area is 116 Å². The van der Waals surface area contributed by atoms with Crippen LogP contribution in [0.5, 0.6) is 0 Å². The van der Waals surface area contributed by atoms with E-state index >= 15 is 0 Å². The zero-order valence-corrected chi connectivity index (χ0v) is 13.8. The first kappa shape index (κ1) is 17.9. The molecule has 0 aliphatic rings. The summed E-state index contributed by atoms with van der Waals surface area (Å²) in [4.78, 5) is 2.55. The molecule has 0 aromatic heterocycles. The van der Waals surface area contributed by atoms with E-state index in [9.17, 15) is 0 Å². The molecule has 0 rings (SSSR count). The Hall–Kier alpha value is -0.0800. The van der Waals surface area contributed by atoms with Crippen LogP contribution in [0.2, 0.25) is 0 Å². The van der Waals surface area contributed by atoms with Gasteiger partial charge in [0.1, 0.15) is 0 Å². The van der Waals surface area contributed by atoms with Crippen molar-refractivity contribution >= 4 is 0 Å². The lowest BCUT2D eigenvalue weighted by Gasteiger charge is -2.39. The molecule has 0 aromatic carbocycles. The second-order valence-electron chi connectivity index (χ2n) is 6.28. The summed E-state index contributed by atoms with van der Waals surface area (Å²) in [6, 6.07) is 0.661. The summed E-state index contributed by atoms with van der Waals surface area (Å²) in [6.07, 6.45) is 3.74. The fourth-order valence-corrected chi connectivity index (χ4v) is 2.49. The van der Waals surface area contributed by atoms with E-state index in [1.54, 1.807) is 0 Å². The molecule has 0 fully saturated rings. The third kappa shape index (κ3) is 5.71. The second kappa shape index (κ2) is 8.92. The molecular formula is C16H36N2. The van der Waals surface area contributed by atoms with Crippen LogP contribution in [0.4, 0.5) is 0 Å². The molecule has 110 valence electrons. The second-order valence-corrected chi connectivity index (χ2v) is 6.28. The van der Waals surface area contributed by atoms with E-state index in [0.29, 0.717) is 11.5 Å². The molecule has 1 atom stereocenters. The molecule has 0 aliphatic carbocycles. The highest BCUT2D eigenvalue weighted by molar-refractivity contribution is 4.84. The van der Waals surface area contributed by atoms with E-state index in [0.717, 1.165) is 19.0 Å². The van der Waals surface area contributed by atoms with Gasteiger partial charge in [0.25, 0.3) is 0 Å². The Morgan fingerprint density at radius 3 is 2.00 bits per heavy atom. The number of rotatable bonds is 10. The lowest BCUT2D eigenvalue weighted by Crippen LogP contribution is -2.46. The number of nitrogens with one attached hydrogen (secondary N) is 1. The number of nitrogens with zero attached hydrogens (tertiary/aromatic N) is 1. The van der Waals surface area contributed by atoms with Gasteiger partial charge in [-0.2, -0.15) is 0 Å². The van der Waals surface area contributed by atoms with Crippen LogP contribution >= 0.6 is 0 Å². The van der Waals surface area contributed by atoms with Gasteiger partial charge in [-0.1, -0.05) is 34.6 Å². The lowest BCUT2D eigenvalue weighted by molar-refractivity contribution is 0.109. The largest absolute Gasteiger partial charge is 0.316 e. The van der Waals surface area contributed by atoms with Crippen molar-refractivity contribution in [1.29, 1.82) is 0 Å². The Kier molecular flexibility index (Phi) is 8.89. The summed E-state index contributed by atoms with van der Waals surface area (Å²) in [5, 5.41) is 3.62. The molecule has 18 heavy (non-hydrogen) atoms. The average molecular weight is 256 g/mol. The molecule has 1 unspecified atom stereocenters. The van der Waals surface area contributed by atoms with E-state index in [2.05, 4.69) is 58.8 Å². The summed E-state index contributed by atoms with van der Waals surface area (Å²) < 4.78 is 0. The van der Waals surface area contributed by atoms with Gasteiger partial charge in [0, 0.05) is 19.1 Å². The molecule has 2 nitrogen and oxygen atoms in total. The quantitative estimate of drug-likeness (QED) is 0.599. The maximum atomic E-state index is 3.62. The first-order valence-electron chi connectivity index (χ1n) is 7.83. The van der Waals surface area contributed by atoms with E-state index in [-0.39, 0.29) is 0 Å². The lowest BCUT2D eigenvalue weighted by atomic mass is 9.81. The first-order chi connectivity index (χ1) is 8.42. The maximum Gasteiger partial charge on any atom is 0.00871 e. The van der Waals surface area contributed by atoms with Crippen LogP contribution in [0.25, 0.3) is 0 Å². The van der Waals surface area contributed by atoms with Crippen molar-refractivity contribution < 1.29 is 0 Å². The van der Waals surface area contributed by atoms with Crippen LogP contribution in [-0.4, -0.2) is 37.6 Å². The van der Waals surface area contributed by atoms with Crippen molar-refractivity contribution in [3.8, 4) is 0 Å². The molecule has 1 N–H and O–H groups in total. The van der Waals surface area contributed by atoms with Crippen LogP contribution < -0.4 is 5.32 Å². The normalized spacial score (nSPS) is 14.5. The van der Waals surface area contributed by atoms with E-state index < -0.39 is 0 Å². The van der Waals surface area contributed by atoms with Gasteiger partial charge in [-0.25, -0.2) is 0 Å². The zero-order chi connectivity index (χ0) is 14.2. The molecule has 0 aromatic rings. The minimum absolute atomic E-state index is 0.438. The van der Waals surface area contributed by atoms with Crippen LogP contribution in [0.1, 0.15) is 60.8 Å². The first-order valence-corrected chi connectivity index (χ1v) is 7.83. The topological polar surface area (TPSA) is 15.3 Å². The van der Waals surface area contributed by atoms with Gasteiger partial charge in [0.2, 0.25) is 0 Å². The summed E-state index contributed by atoms with van der Waals surface area (Å²) in [7, 11) is 2.28. The molecule has 0 radical (unpaired) electrons. The monoisotopic (exact) mass is 256 g/mol. The molecule has 2 heteroatoms. The molecule has 0 spiro atoms. The molecule has 0 saturated carbocycles. The maximum absolute atomic E-state index is 3.62. The van der Waals surface area contributed by atoms with Crippen molar-refractivity contribution in [3.63, 3.8) is 0 Å². The van der Waals surface area contributed by atoms with Gasteiger partial charge in [-0.05, 0) is 51.1 Å². The van der Waals surface area contributed by atoms with Crippen LogP contribution in [-0.2, 0) is 0 Å². The predicted molar refractivity (Wildman–Crippen MR) is 83.1 cm³/mol. The fraction of sp³-hybridized carbons (Fsp3) is 1.00. The Bertz CT molecular complexity index is 197. The Balaban J connectivity index is 4.48. The van der Waals surface area contributed by atoms with E-state index in [1.807, 2.05) is 0 Å². The van der Waals surface area contributed by atoms with E-state index in [1.165, 1.54) is 25.8 Å². The average Bonchev–Trinajstić information content (AvgIpc) is 2.36. The van der Waals surface area contributed by atoms with Gasteiger partial charge in [0.15, 0.2) is 0 Å². The van der Waals surface area contributed by atoms with Gasteiger partial charge in [-0.15, -0.1) is 0 Å². The molecule has 0 amide bonds. The van der Waals surface area contributed by atoms with Gasteiger partial charge < -0.3 is 10.2 Å². The van der Waals surface area contributed by atoms with Crippen molar-refractivity contribution in [2.45, 2.75) is 66.8 Å². The number of hydrogen-bond donors (Lipinski definition) is 1. The molecule has 0 heterocycles. The van der Waals surface area contributed by atoms with Crippen molar-refractivity contribution in [2.24, 2.45) is 11.3 Å². The highest BCUT2D eigenvalue weighted by atomic mass is 15.1. The van der Waals surface area contributed by atoms with Gasteiger partial charge >= 0.3 is 0 Å². The SMILES string of the molecule is CCCNCC(CC)(CC)CN(C)C(C)C(C)C. The third-order valence-electron chi connectivity index (χ3n) is 4.67. The van der Waals surface area contributed by atoms with Crippen LogP contribution in [0.3, 0.4) is 0 Å². The van der Waals surface area contributed by atoms with Crippen molar-refractivity contribution in [3.05, 3.63) is 0 Å². The molecular weight excluding hydrogens is 220 g/mol. The van der Waals surface area contributed by atoms with E-state index in [4.69, 9.17) is 0 Å². The minimum Gasteiger partial charge on any atom is -0.316 e. The van der Waals surface area contributed by atoms with Gasteiger partial charge in [0.05, 0.1) is 0 Å². The third-order valence-corrected chi connectivity index (χ3v) is 4.67. The van der Waals surface area contributed by atoms with Gasteiger partial charge in [-0.3, -0.25) is 0 Å². The minimum atomic E-state index is 0.438. The molecule has 0 saturated heterocycles. The van der Waals surface area contributed by atoms with Crippen LogP contribution in [0, 0.1) is 11.3 Å². The Morgan fingerprint density at radius 1 is 1.06 bits per heavy atom. The molecule has 0 aliphatic heterocycles. The molecule has 0 bridgehead atoms. The predicted octanol–water partition coefficient (Wildman–Crippen LogP) is 3.77. The summed E-state index contributed by atoms with van der Waals surface area (Å²) in [6.45, 7) is 17.4. The summed E-state index contributed by atoms with van der Waals surface area (Å²) in [5.41, 5.74) is 0.438. The smallest absolute Gasteiger partial charge is 0.00871 e.